The Hall–Kier alpha value is -1.33. The third-order valence-electron chi connectivity index (χ3n) is 2.92. The molecule has 0 aliphatic heterocycles. The predicted octanol–water partition coefficient (Wildman–Crippen LogP) is 2.87. The minimum absolute atomic E-state index is 0.108. The highest BCUT2D eigenvalue weighted by Gasteiger charge is 2.05. The number of halogens is 1. The summed E-state index contributed by atoms with van der Waals surface area (Å²) in [6.07, 6.45) is 3.76. The molecule has 0 unspecified atom stereocenters. The van der Waals surface area contributed by atoms with Crippen LogP contribution in [-0.4, -0.2) is 21.5 Å². The number of nitrogens with zero attached hydrogens (tertiary/aromatic N) is 2. The van der Waals surface area contributed by atoms with E-state index in [1.165, 1.54) is 11.1 Å². The number of aliphatic hydroxyl groups is 1. The molecule has 0 atom stereocenters. The molecule has 1 aromatic carbocycles. The van der Waals surface area contributed by atoms with Gasteiger partial charge in [-0.1, -0.05) is 6.07 Å². The number of rotatable bonds is 5. The van der Waals surface area contributed by atoms with Gasteiger partial charge in [-0.25, -0.2) is 0 Å². The Labute approximate surface area is 121 Å². The van der Waals surface area contributed by atoms with Gasteiger partial charge < -0.3 is 10.4 Å². The summed E-state index contributed by atoms with van der Waals surface area (Å²) in [5.41, 5.74) is 4.67. The molecule has 2 N–H and O–H groups in total. The zero-order valence-electron chi connectivity index (χ0n) is 11.2. The summed E-state index contributed by atoms with van der Waals surface area (Å²) >= 11 is 3.59. The summed E-state index contributed by atoms with van der Waals surface area (Å²) in [5.74, 6) is 0. The largest absolute Gasteiger partial charge is 0.394 e. The number of nitrogens with one attached hydrogen (secondary N) is 1. The Bertz CT molecular complexity index is 543. The zero-order chi connectivity index (χ0) is 13.8. The van der Waals surface area contributed by atoms with Gasteiger partial charge in [-0.05, 0) is 47.0 Å². The Kier molecular flexibility index (Phi) is 4.61. The van der Waals surface area contributed by atoms with Crippen LogP contribution in [0.1, 0.15) is 16.7 Å². The lowest BCUT2D eigenvalue weighted by Crippen LogP contribution is -2.03. The molecule has 0 radical (unpaired) electrons. The molecule has 0 aliphatic carbocycles. The van der Waals surface area contributed by atoms with E-state index < -0.39 is 0 Å². The molecule has 19 heavy (non-hydrogen) atoms. The summed E-state index contributed by atoms with van der Waals surface area (Å²) < 4.78 is 2.82. The van der Waals surface area contributed by atoms with E-state index >= 15 is 0 Å². The maximum absolute atomic E-state index is 8.85. The lowest BCUT2D eigenvalue weighted by molar-refractivity contribution is 0.269. The molecule has 0 aliphatic rings. The van der Waals surface area contributed by atoms with Gasteiger partial charge in [0.15, 0.2) is 0 Å². The van der Waals surface area contributed by atoms with Gasteiger partial charge in [-0.15, -0.1) is 0 Å². The Morgan fingerprint density at radius 1 is 1.37 bits per heavy atom. The summed E-state index contributed by atoms with van der Waals surface area (Å²) in [7, 11) is 0. The molecule has 2 rings (SSSR count). The normalized spacial score (nSPS) is 10.7. The van der Waals surface area contributed by atoms with Crippen molar-refractivity contribution in [3.8, 4) is 0 Å². The lowest BCUT2D eigenvalue weighted by Gasteiger charge is -2.12. The van der Waals surface area contributed by atoms with E-state index in [-0.39, 0.29) is 6.61 Å². The van der Waals surface area contributed by atoms with Crippen LogP contribution in [0.4, 0.5) is 5.69 Å². The van der Waals surface area contributed by atoms with E-state index in [2.05, 4.69) is 52.3 Å². The Morgan fingerprint density at radius 2 is 2.16 bits per heavy atom. The summed E-state index contributed by atoms with van der Waals surface area (Å²) in [6.45, 7) is 5.54. The molecule has 5 heteroatoms. The van der Waals surface area contributed by atoms with Gasteiger partial charge in [-0.3, -0.25) is 4.68 Å². The topological polar surface area (TPSA) is 50.1 Å². The van der Waals surface area contributed by atoms with E-state index in [4.69, 9.17) is 5.11 Å². The van der Waals surface area contributed by atoms with Crippen molar-refractivity contribution in [3.63, 3.8) is 0 Å². The van der Waals surface area contributed by atoms with Gasteiger partial charge in [0.05, 0.1) is 25.0 Å². The Balaban J connectivity index is 2.05. The fourth-order valence-corrected chi connectivity index (χ4v) is 2.87. The van der Waals surface area contributed by atoms with Crippen molar-refractivity contribution in [2.75, 3.05) is 11.9 Å². The van der Waals surface area contributed by atoms with E-state index in [0.29, 0.717) is 13.1 Å². The maximum Gasteiger partial charge on any atom is 0.0640 e. The molecule has 0 amide bonds. The Morgan fingerprint density at radius 3 is 2.84 bits per heavy atom. The summed E-state index contributed by atoms with van der Waals surface area (Å²) in [5, 5.41) is 16.5. The van der Waals surface area contributed by atoms with Gasteiger partial charge in [0, 0.05) is 22.8 Å². The van der Waals surface area contributed by atoms with Crippen molar-refractivity contribution in [1.29, 1.82) is 0 Å². The van der Waals surface area contributed by atoms with E-state index in [1.807, 2.05) is 12.4 Å². The average Bonchev–Trinajstić information content (AvgIpc) is 2.76. The van der Waals surface area contributed by atoms with Crippen LogP contribution in [0.15, 0.2) is 29.0 Å². The van der Waals surface area contributed by atoms with Crippen molar-refractivity contribution >= 4 is 21.6 Å². The molecule has 1 aromatic heterocycles. The molecule has 4 nitrogen and oxygen atoms in total. The number of benzene rings is 1. The monoisotopic (exact) mass is 323 g/mol. The fourth-order valence-electron chi connectivity index (χ4n) is 2.05. The molecular formula is C14H18BrN3O. The third-order valence-corrected chi connectivity index (χ3v) is 3.54. The molecule has 0 spiro atoms. The first-order valence-corrected chi connectivity index (χ1v) is 7.02. The molecule has 0 saturated carbocycles. The van der Waals surface area contributed by atoms with Crippen LogP contribution in [0.2, 0.25) is 0 Å². The van der Waals surface area contributed by atoms with Gasteiger partial charge >= 0.3 is 0 Å². The lowest BCUT2D eigenvalue weighted by atomic mass is 10.1. The second-order valence-electron chi connectivity index (χ2n) is 4.63. The number of aromatic nitrogens is 2. The van der Waals surface area contributed by atoms with Crippen molar-refractivity contribution in [2.24, 2.45) is 0 Å². The van der Waals surface area contributed by atoms with E-state index in [1.54, 1.807) is 4.68 Å². The molecule has 102 valence electrons. The van der Waals surface area contributed by atoms with Crippen molar-refractivity contribution in [1.82, 2.24) is 9.78 Å². The van der Waals surface area contributed by atoms with Crippen LogP contribution in [0.3, 0.4) is 0 Å². The van der Waals surface area contributed by atoms with Gasteiger partial charge in [0.2, 0.25) is 0 Å². The second kappa shape index (κ2) is 6.21. The number of aliphatic hydroxyl groups excluding tert-OH is 1. The number of anilines is 1. The van der Waals surface area contributed by atoms with Gasteiger partial charge in [0.1, 0.15) is 0 Å². The summed E-state index contributed by atoms with van der Waals surface area (Å²) in [6, 6.07) is 4.26. The van der Waals surface area contributed by atoms with Crippen LogP contribution in [0, 0.1) is 13.8 Å². The quantitative estimate of drug-likeness (QED) is 0.889. The van der Waals surface area contributed by atoms with Crippen LogP contribution in [-0.2, 0) is 13.1 Å². The molecule has 0 saturated heterocycles. The van der Waals surface area contributed by atoms with Crippen molar-refractivity contribution in [3.05, 3.63) is 45.7 Å². The minimum Gasteiger partial charge on any atom is -0.394 e. The first kappa shape index (κ1) is 14.1. The van der Waals surface area contributed by atoms with Crippen LogP contribution >= 0.6 is 15.9 Å². The molecule has 0 bridgehead atoms. The van der Waals surface area contributed by atoms with E-state index in [0.717, 1.165) is 15.7 Å². The molecule has 0 fully saturated rings. The standard InChI is InChI=1S/C14H18BrN3O/c1-10-5-11(2)14(13(15)6-10)16-7-12-8-17-18(9-12)3-4-19/h5-6,8-9,16,19H,3-4,7H2,1-2H3. The van der Waals surface area contributed by atoms with Gasteiger partial charge in [0.25, 0.3) is 0 Å². The third kappa shape index (κ3) is 3.58. The fraction of sp³-hybridized carbons (Fsp3) is 0.357. The van der Waals surface area contributed by atoms with Crippen molar-refractivity contribution in [2.45, 2.75) is 26.9 Å². The van der Waals surface area contributed by atoms with Gasteiger partial charge in [-0.2, -0.15) is 5.10 Å². The highest BCUT2D eigenvalue weighted by Crippen LogP contribution is 2.28. The second-order valence-corrected chi connectivity index (χ2v) is 5.48. The number of hydrogen-bond acceptors (Lipinski definition) is 3. The number of aryl methyl sites for hydroxylation is 2. The highest BCUT2D eigenvalue weighted by molar-refractivity contribution is 9.10. The van der Waals surface area contributed by atoms with Crippen LogP contribution < -0.4 is 5.32 Å². The first-order chi connectivity index (χ1) is 9.10. The van der Waals surface area contributed by atoms with E-state index in [9.17, 15) is 0 Å². The number of hydrogen-bond donors (Lipinski definition) is 2. The highest BCUT2D eigenvalue weighted by atomic mass is 79.9. The molecule has 1 heterocycles. The minimum atomic E-state index is 0.108. The SMILES string of the molecule is Cc1cc(C)c(NCc2cnn(CCO)c2)c(Br)c1. The maximum atomic E-state index is 8.85. The average molecular weight is 324 g/mol. The van der Waals surface area contributed by atoms with Crippen LogP contribution in [0.25, 0.3) is 0 Å². The first-order valence-electron chi connectivity index (χ1n) is 6.23. The molecular weight excluding hydrogens is 306 g/mol. The van der Waals surface area contributed by atoms with Crippen molar-refractivity contribution < 1.29 is 5.11 Å². The predicted molar refractivity (Wildman–Crippen MR) is 80.3 cm³/mol. The smallest absolute Gasteiger partial charge is 0.0640 e. The zero-order valence-corrected chi connectivity index (χ0v) is 12.7. The van der Waals surface area contributed by atoms with Crippen LogP contribution in [0.5, 0.6) is 0 Å². The molecule has 2 aromatic rings. The summed E-state index contributed by atoms with van der Waals surface area (Å²) in [4.78, 5) is 0.